The fourth-order valence-electron chi connectivity index (χ4n) is 1.82. The van der Waals surface area contributed by atoms with Gasteiger partial charge in [-0.15, -0.1) is 0 Å². The summed E-state index contributed by atoms with van der Waals surface area (Å²) in [6.45, 7) is 4.51. The summed E-state index contributed by atoms with van der Waals surface area (Å²) in [5.41, 5.74) is 0.418. The van der Waals surface area contributed by atoms with Crippen LogP contribution in [0.3, 0.4) is 0 Å². The standard InChI is InChI=1S/C15H19BrClNO3/c1-15(2,6-5-13(19)20)7-8-18-14(21)10-3-4-12(17)11(16)9-10/h3-4,9H,5-8H2,1-2H3,(H,18,21)(H,19,20). The molecule has 6 heteroatoms. The van der Waals surface area contributed by atoms with Crippen molar-refractivity contribution in [1.29, 1.82) is 0 Å². The van der Waals surface area contributed by atoms with Crippen molar-refractivity contribution in [2.24, 2.45) is 5.41 Å². The van der Waals surface area contributed by atoms with Crippen LogP contribution in [0.15, 0.2) is 22.7 Å². The second-order valence-corrected chi connectivity index (χ2v) is 6.95. The number of carbonyl (C=O) groups is 2. The van der Waals surface area contributed by atoms with E-state index in [2.05, 4.69) is 21.2 Å². The highest BCUT2D eigenvalue weighted by Gasteiger charge is 2.19. The van der Waals surface area contributed by atoms with E-state index in [-0.39, 0.29) is 17.7 Å². The van der Waals surface area contributed by atoms with E-state index in [0.29, 0.717) is 28.0 Å². The van der Waals surface area contributed by atoms with Gasteiger partial charge in [0, 0.05) is 23.0 Å². The lowest BCUT2D eigenvalue weighted by atomic mass is 9.84. The molecule has 1 rings (SSSR count). The minimum Gasteiger partial charge on any atom is -0.481 e. The molecule has 1 amide bonds. The summed E-state index contributed by atoms with van der Waals surface area (Å²) in [5, 5.41) is 12.1. The Labute approximate surface area is 138 Å². The third-order valence-electron chi connectivity index (χ3n) is 3.28. The molecule has 2 N–H and O–H groups in total. The van der Waals surface area contributed by atoms with E-state index in [1.807, 2.05) is 13.8 Å². The van der Waals surface area contributed by atoms with Crippen LogP contribution in [0.25, 0.3) is 0 Å². The van der Waals surface area contributed by atoms with Gasteiger partial charge in [0.15, 0.2) is 0 Å². The molecule has 0 unspecified atom stereocenters. The number of carboxylic acid groups (broad SMARTS) is 1. The van der Waals surface area contributed by atoms with Crippen LogP contribution in [0.1, 0.15) is 43.5 Å². The summed E-state index contributed by atoms with van der Waals surface area (Å²) in [4.78, 5) is 22.6. The number of hydrogen-bond donors (Lipinski definition) is 2. The molecule has 0 heterocycles. The monoisotopic (exact) mass is 375 g/mol. The predicted molar refractivity (Wildman–Crippen MR) is 86.8 cm³/mol. The molecule has 0 bridgehead atoms. The van der Waals surface area contributed by atoms with Crippen molar-refractivity contribution in [2.45, 2.75) is 33.1 Å². The molecule has 1 aromatic rings. The molecule has 0 fully saturated rings. The number of aliphatic carboxylic acids is 1. The van der Waals surface area contributed by atoms with Crippen molar-refractivity contribution < 1.29 is 14.7 Å². The number of benzene rings is 1. The molecule has 0 aliphatic heterocycles. The van der Waals surface area contributed by atoms with E-state index in [1.54, 1.807) is 18.2 Å². The Morgan fingerprint density at radius 2 is 2.00 bits per heavy atom. The van der Waals surface area contributed by atoms with Crippen LogP contribution >= 0.6 is 27.5 Å². The first kappa shape index (κ1) is 18.0. The first-order valence-electron chi connectivity index (χ1n) is 6.66. The fourth-order valence-corrected chi connectivity index (χ4v) is 2.32. The van der Waals surface area contributed by atoms with Crippen LogP contribution in [0.2, 0.25) is 5.02 Å². The Balaban J connectivity index is 2.46. The second kappa shape index (κ2) is 7.80. The van der Waals surface area contributed by atoms with Crippen LogP contribution in [0.5, 0.6) is 0 Å². The van der Waals surface area contributed by atoms with Crippen molar-refractivity contribution in [3.63, 3.8) is 0 Å². The van der Waals surface area contributed by atoms with Crippen molar-refractivity contribution in [3.05, 3.63) is 33.3 Å². The smallest absolute Gasteiger partial charge is 0.303 e. The molecule has 0 spiro atoms. The maximum Gasteiger partial charge on any atom is 0.303 e. The van der Waals surface area contributed by atoms with Crippen LogP contribution in [-0.2, 0) is 4.79 Å². The molecule has 0 radical (unpaired) electrons. The molecular formula is C15H19BrClNO3. The van der Waals surface area contributed by atoms with E-state index in [0.717, 1.165) is 6.42 Å². The van der Waals surface area contributed by atoms with Gasteiger partial charge in [-0.25, -0.2) is 0 Å². The van der Waals surface area contributed by atoms with E-state index < -0.39 is 5.97 Å². The van der Waals surface area contributed by atoms with Crippen molar-refractivity contribution in [3.8, 4) is 0 Å². The van der Waals surface area contributed by atoms with Crippen LogP contribution in [-0.4, -0.2) is 23.5 Å². The lowest BCUT2D eigenvalue weighted by molar-refractivity contribution is -0.137. The third-order valence-corrected chi connectivity index (χ3v) is 4.50. The maximum atomic E-state index is 12.0. The van der Waals surface area contributed by atoms with Crippen molar-refractivity contribution >= 4 is 39.4 Å². The zero-order chi connectivity index (χ0) is 16.0. The maximum absolute atomic E-state index is 12.0. The summed E-state index contributed by atoms with van der Waals surface area (Å²) in [5.74, 6) is -0.959. The van der Waals surface area contributed by atoms with Gasteiger partial charge in [0.05, 0.1) is 5.02 Å². The van der Waals surface area contributed by atoms with E-state index in [1.165, 1.54) is 0 Å². The molecule has 4 nitrogen and oxygen atoms in total. The first-order valence-corrected chi connectivity index (χ1v) is 7.83. The average Bonchev–Trinajstić information content (AvgIpc) is 2.39. The molecule has 0 aliphatic rings. The quantitative estimate of drug-likeness (QED) is 0.752. The molecule has 0 saturated heterocycles. The summed E-state index contributed by atoms with van der Waals surface area (Å²) < 4.78 is 0.679. The number of halogens is 2. The largest absolute Gasteiger partial charge is 0.481 e. The SMILES string of the molecule is CC(C)(CCNC(=O)c1ccc(Cl)c(Br)c1)CCC(=O)O. The summed E-state index contributed by atoms with van der Waals surface area (Å²) >= 11 is 9.16. The Morgan fingerprint density at radius 3 is 2.57 bits per heavy atom. The Hall–Kier alpha value is -1.07. The predicted octanol–water partition coefficient (Wildman–Crippen LogP) is 4.11. The molecule has 21 heavy (non-hydrogen) atoms. The van der Waals surface area contributed by atoms with Crippen molar-refractivity contribution in [1.82, 2.24) is 5.32 Å². The first-order chi connectivity index (χ1) is 9.71. The highest BCUT2D eigenvalue weighted by atomic mass is 79.9. The normalized spacial score (nSPS) is 11.2. The van der Waals surface area contributed by atoms with Crippen LogP contribution < -0.4 is 5.32 Å². The van der Waals surface area contributed by atoms with Gasteiger partial charge < -0.3 is 10.4 Å². The van der Waals surface area contributed by atoms with E-state index in [4.69, 9.17) is 16.7 Å². The lowest BCUT2D eigenvalue weighted by Crippen LogP contribution is -2.28. The summed E-state index contributed by atoms with van der Waals surface area (Å²) in [6.07, 6.45) is 1.45. The zero-order valence-electron chi connectivity index (χ0n) is 12.1. The van der Waals surface area contributed by atoms with Gasteiger partial charge in [-0.3, -0.25) is 9.59 Å². The van der Waals surface area contributed by atoms with Gasteiger partial charge in [0.25, 0.3) is 5.91 Å². The van der Waals surface area contributed by atoms with Gasteiger partial charge in [0.1, 0.15) is 0 Å². The van der Waals surface area contributed by atoms with Gasteiger partial charge in [0.2, 0.25) is 0 Å². The van der Waals surface area contributed by atoms with E-state index >= 15 is 0 Å². The van der Waals surface area contributed by atoms with Gasteiger partial charge in [-0.2, -0.15) is 0 Å². The number of rotatable bonds is 7. The highest BCUT2D eigenvalue weighted by molar-refractivity contribution is 9.10. The van der Waals surface area contributed by atoms with Crippen LogP contribution in [0.4, 0.5) is 0 Å². The van der Waals surface area contributed by atoms with Crippen molar-refractivity contribution in [2.75, 3.05) is 6.54 Å². The van der Waals surface area contributed by atoms with Gasteiger partial charge >= 0.3 is 5.97 Å². The second-order valence-electron chi connectivity index (χ2n) is 5.69. The number of amides is 1. The van der Waals surface area contributed by atoms with Gasteiger partial charge in [-0.1, -0.05) is 25.4 Å². The molecule has 0 aliphatic carbocycles. The fraction of sp³-hybridized carbons (Fsp3) is 0.467. The molecule has 116 valence electrons. The molecule has 1 aromatic carbocycles. The summed E-state index contributed by atoms with van der Waals surface area (Å²) in [6, 6.07) is 5.00. The zero-order valence-corrected chi connectivity index (χ0v) is 14.4. The molecule has 0 atom stereocenters. The number of carboxylic acids is 1. The lowest BCUT2D eigenvalue weighted by Gasteiger charge is -2.23. The minimum absolute atomic E-state index is 0.119. The molecule has 0 saturated carbocycles. The number of nitrogens with one attached hydrogen (secondary N) is 1. The molecule has 0 aromatic heterocycles. The highest BCUT2D eigenvalue weighted by Crippen LogP contribution is 2.26. The molecular weight excluding hydrogens is 358 g/mol. The number of carbonyl (C=O) groups excluding carboxylic acids is 1. The Morgan fingerprint density at radius 1 is 1.33 bits per heavy atom. The van der Waals surface area contributed by atoms with Crippen LogP contribution in [0, 0.1) is 5.41 Å². The minimum atomic E-state index is -0.793. The third kappa shape index (κ3) is 6.48. The Kier molecular flexibility index (Phi) is 6.68. The average molecular weight is 377 g/mol. The summed E-state index contributed by atoms with van der Waals surface area (Å²) in [7, 11) is 0. The van der Waals surface area contributed by atoms with Gasteiger partial charge in [-0.05, 0) is 52.4 Å². The number of hydrogen-bond acceptors (Lipinski definition) is 2. The topological polar surface area (TPSA) is 66.4 Å². The van der Waals surface area contributed by atoms with E-state index in [9.17, 15) is 9.59 Å². The Bertz CT molecular complexity index is 532.